The first-order valence-electron chi connectivity index (χ1n) is 9.54. The molecule has 0 fully saturated rings. The summed E-state index contributed by atoms with van der Waals surface area (Å²) in [5.74, 6) is 0.286. The van der Waals surface area contributed by atoms with E-state index >= 15 is 0 Å². The van der Waals surface area contributed by atoms with Gasteiger partial charge in [-0.1, -0.05) is 30.3 Å². The molecule has 1 aliphatic rings. The fraction of sp³-hybridized carbons (Fsp3) is 0.0909. The van der Waals surface area contributed by atoms with Crippen LogP contribution in [0.1, 0.15) is 33.1 Å². The number of carbonyl (C=O) groups excluding carboxylic acids is 1. The van der Waals surface area contributed by atoms with E-state index in [0.29, 0.717) is 28.5 Å². The largest absolute Gasteiger partial charge is 0.297 e. The maximum absolute atomic E-state index is 13.0. The lowest BCUT2D eigenvalue weighted by Crippen LogP contribution is -2.13. The Hall–Kier alpha value is -4.40. The quantitative estimate of drug-likeness (QED) is 0.379. The molecule has 0 aliphatic carbocycles. The van der Waals surface area contributed by atoms with Crippen LogP contribution in [-0.2, 0) is 6.54 Å². The number of imidazole rings is 2. The molecule has 3 heterocycles. The second-order valence-corrected chi connectivity index (χ2v) is 7.05. The van der Waals surface area contributed by atoms with Gasteiger partial charge in [-0.3, -0.25) is 29.0 Å². The monoisotopic (exact) mass is 412 g/mol. The lowest BCUT2D eigenvalue weighted by molar-refractivity contribution is -0.384. The molecule has 4 aromatic rings. The normalized spacial score (nSPS) is 12.5. The Morgan fingerprint density at radius 2 is 1.97 bits per heavy atom. The van der Waals surface area contributed by atoms with Gasteiger partial charge >= 0.3 is 0 Å². The molecule has 0 saturated heterocycles. The summed E-state index contributed by atoms with van der Waals surface area (Å²) >= 11 is 0. The van der Waals surface area contributed by atoms with Gasteiger partial charge in [0.05, 0.1) is 28.6 Å². The van der Waals surface area contributed by atoms with Crippen LogP contribution in [0.2, 0.25) is 0 Å². The molecule has 0 saturated carbocycles. The van der Waals surface area contributed by atoms with Crippen LogP contribution in [0.4, 0.5) is 5.69 Å². The first-order chi connectivity index (χ1) is 15.0. The van der Waals surface area contributed by atoms with Crippen molar-refractivity contribution in [3.63, 3.8) is 0 Å². The molecule has 0 amide bonds. The fourth-order valence-electron chi connectivity index (χ4n) is 3.82. The first kappa shape index (κ1) is 18.6. The van der Waals surface area contributed by atoms with Crippen molar-refractivity contribution in [3.05, 3.63) is 106 Å². The van der Waals surface area contributed by atoms with Crippen LogP contribution in [-0.4, -0.2) is 35.6 Å². The van der Waals surface area contributed by atoms with Crippen molar-refractivity contribution in [1.82, 2.24) is 19.1 Å². The molecule has 0 bridgehead atoms. The number of hydrogen-bond acceptors (Lipinski definition) is 6. The number of fused-ring (bicyclic) bond motifs is 3. The Balaban J connectivity index is 1.76. The summed E-state index contributed by atoms with van der Waals surface area (Å²) in [7, 11) is 0. The topological polar surface area (TPSA) is 108 Å². The number of non-ortho nitro benzene ring substituents is 1. The Bertz CT molecular complexity index is 1350. The van der Waals surface area contributed by atoms with Gasteiger partial charge in [0.25, 0.3) is 11.6 Å². The Labute approximate surface area is 176 Å². The summed E-state index contributed by atoms with van der Waals surface area (Å²) in [6.07, 6.45) is 4.52. The van der Waals surface area contributed by atoms with Gasteiger partial charge in [0, 0.05) is 35.7 Å². The number of rotatable bonds is 3. The highest BCUT2D eigenvalue weighted by Gasteiger charge is 2.28. The molecule has 31 heavy (non-hydrogen) atoms. The van der Waals surface area contributed by atoms with E-state index in [4.69, 9.17) is 4.99 Å². The lowest BCUT2D eigenvalue weighted by atomic mass is 10.00. The van der Waals surface area contributed by atoms with Crippen LogP contribution < -0.4 is 0 Å². The second kappa shape index (κ2) is 7.13. The molecule has 0 N–H and O–H groups in total. The molecule has 9 nitrogen and oxygen atoms in total. The summed E-state index contributed by atoms with van der Waals surface area (Å²) in [5.41, 5.74) is 3.64. The number of nitrogens with zero attached hydrogens (tertiary/aromatic N) is 6. The molecular weight excluding hydrogens is 396 g/mol. The van der Waals surface area contributed by atoms with E-state index in [1.54, 1.807) is 19.2 Å². The number of carbonyl (C=O) groups is 1. The van der Waals surface area contributed by atoms with Gasteiger partial charge in [0.2, 0.25) is 0 Å². The molecule has 0 unspecified atom stereocenters. The van der Waals surface area contributed by atoms with Crippen molar-refractivity contribution in [2.24, 2.45) is 4.99 Å². The van der Waals surface area contributed by atoms with Gasteiger partial charge in [-0.25, -0.2) is 9.97 Å². The van der Waals surface area contributed by atoms with Gasteiger partial charge in [0.15, 0.2) is 5.69 Å². The van der Waals surface area contributed by atoms with E-state index in [9.17, 15) is 14.9 Å². The zero-order valence-electron chi connectivity index (χ0n) is 16.5. The standard InChI is InChI=1S/C22H16N6O3/c1-14-25-21(22(29)26-10-9-23-13-26)19-12-24-20(15-5-3-2-4-6-15)17-11-16(28(30)31)7-8-18(17)27(14)19/h2-11,13H,12H2,1H3. The Morgan fingerprint density at radius 3 is 2.68 bits per heavy atom. The first-order valence-corrected chi connectivity index (χ1v) is 9.54. The Morgan fingerprint density at radius 1 is 1.16 bits per heavy atom. The highest BCUT2D eigenvalue weighted by Crippen LogP contribution is 2.31. The highest BCUT2D eigenvalue weighted by molar-refractivity contribution is 6.15. The van der Waals surface area contributed by atoms with Crippen LogP contribution >= 0.6 is 0 Å². The van der Waals surface area contributed by atoms with Crippen molar-refractivity contribution in [2.45, 2.75) is 13.5 Å². The molecule has 0 atom stereocenters. The predicted octanol–water partition coefficient (Wildman–Crippen LogP) is 3.32. The van der Waals surface area contributed by atoms with Crippen molar-refractivity contribution in [3.8, 4) is 5.69 Å². The van der Waals surface area contributed by atoms with E-state index in [1.807, 2.05) is 34.9 Å². The van der Waals surface area contributed by atoms with E-state index in [2.05, 4.69) is 9.97 Å². The van der Waals surface area contributed by atoms with Gasteiger partial charge in [0.1, 0.15) is 12.2 Å². The number of benzene rings is 2. The van der Waals surface area contributed by atoms with Crippen LogP contribution in [0.15, 0.2) is 72.2 Å². The molecule has 0 spiro atoms. The summed E-state index contributed by atoms with van der Waals surface area (Å²) < 4.78 is 3.22. The Kier molecular flexibility index (Phi) is 4.28. The van der Waals surface area contributed by atoms with E-state index in [-0.39, 0.29) is 23.8 Å². The summed E-state index contributed by atoms with van der Waals surface area (Å²) in [6, 6.07) is 14.1. The van der Waals surface area contributed by atoms with Crippen molar-refractivity contribution >= 4 is 17.3 Å². The third-order valence-corrected chi connectivity index (χ3v) is 5.20. The summed E-state index contributed by atoms with van der Waals surface area (Å²) in [6.45, 7) is 2.00. The number of nitro groups is 1. The minimum atomic E-state index is -0.427. The minimum absolute atomic E-state index is 0.0293. The highest BCUT2D eigenvalue weighted by atomic mass is 16.6. The van der Waals surface area contributed by atoms with Gasteiger partial charge in [-0.15, -0.1) is 0 Å². The van der Waals surface area contributed by atoms with Crippen LogP contribution in [0.25, 0.3) is 5.69 Å². The van der Waals surface area contributed by atoms with E-state index < -0.39 is 4.92 Å². The third-order valence-electron chi connectivity index (χ3n) is 5.20. The third kappa shape index (κ3) is 3.03. The number of nitro benzene ring substituents is 1. The van der Waals surface area contributed by atoms with Gasteiger partial charge in [-0.05, 0) is 13.0 Å². The molecule has 5 rings (SSSR count). The average molecular weight is 412 g/mol. The second-order valence-electron chi connectivity index (χ2n) is 7.05. The average Bonchev–Trinajstić information content (AvgIpc) is 3.39. The van der Waals surface area contributed by atoms with Crippen LogP contribution in [0, 0.1) is 17.0 Å². The molecular formula is C22H16N6O3. The van der Waals surface area contributed by atoms with Crippen LogP contribution in [0.5, 0.6) is 0 Å². The number of aryl methyl sites for hydroxylation is 1. The van der Waals surface area contributed by atoms with Crippen molar-refractivity contribution < 1.29 is 9.72 Å². The zero-order valence-corrected chi connectivity index (χ0v) is 16.5. The molecule has 2 aromatic carbocycles. The molecule has 0 radical (unpaired) electrons. The number of hydrogen-bond donors (Lipinski definition) is 0. The van der Waals surface area contributed by atoms with E-state index in [0.717, 1.165) is 5.56 Å². The molecule has 152 valence electrons. The zero-order chi connectivity index (χ0) is 21.5. The molecule has 9 heteroatoms. The number of aromatic nitrogens is 4. The molecule has 1 aliphatic heterocycles. The molecule has 2 aromatic heterocycles. The van der Waals surface area contributed by atoms with Gasteiger partial charge < -0.3 is 0 Å². The maximum Gasteiger partial charge on any atom is 0.283 e. The van der Waals surface area contributed by atoms with Crippen LogP contribution in [0.3, 0.4) is 0 Å². The summed E-state index contributed by atoms with van der Waals surface area (Å²) in [4.78, 5) is 37.3. The predicted molar refractivity (Wildman–Crippen MR) is 113 cm³/mol. The SMILES string of the molecule is Cc1nc(C(=O)n2ccnc2)c2n1-c1ccc([N+](=O)[O-])cc1C(c1ccccc1)=NC2. The lowest BCUT2D eigenvalue weighted by Gasteiger charge is -2.13. The van der Waals surface area contributed by atoms with Crippen molar-refractivity contribution in [1.29, 1.82) is 0 Å². The van der Waals surface area contributed by atoms with Crippen molar-refractivity contribution in [2.75, 3.05) is 0 Å². The number of aliphatic imine (C=N–C) groups is 1. The fourth-order valence-corrected chi connectivity index (χ4v) is 3.82. The summed E-state index contributed by atoms with van der Waals surface area (Å²) in [5, 5.41) is 11.4. The maximum atomic E-state index is 13.0. The van der Waals surface area contributed by atoms with E-state index in [1.165, 1.54) is 29.2 Å². The minimum Gasteiger partial charge on any atom is -0.297 e. The van der Waals surface area contributed by atoms with Gasteiger partial charge in [-0.2, -0.15) is 0 Å². The smallest absolute Gasteiger partial charge is 0.283 e.